The molecule has 2 atom stereocenters. The maximum Gasteiger partial charge on any atom is 0.118 e. The zero-order valence-corrected chi connectivity index (χ0v) is 14.4. The molecule has 3 heteroatoms. The first kappa shape index (κ1) is 18.0. The van der Waals surface area contributed by atoms with E-state index in [0.717, 1.165) is 31.8 Å². The van der Waals surface area contributed by atoms with Crippen LogP contribution in [0.5, 0.6) is 5.75 Å². The van der Waals surface area contributed by atoms with E-state index in [1.54, 1.807) is 7.11 Å². The molecule has 0 radical (unpaired) electrons. The molecule has 3 nitrogen and oxygen atoms in total. The number of hydrogen-bond acceptors (Lipinski definition) is 3. The van der Waals surface area contributed by atoms with Gasteiger partial charge in [-0.3, -0.25) is 4.90 Å². The van der Waals surface area contributed by atoms with Crippen molar-refractivity contribution in [1.82, 2.24) is 10.2 Å². The molecule has 1 aromatic carbocycles. The van der Waals surface area contributed by atoms with Gasteiger partial charge in [0.05, 0.1) is 7.11 Å². The number of benzene rings is 1. The summed E-state index contributed by atoms with van der Waals surface area (Å²) in [4.78, 5) is 2.55. The summed E-state index contributed by atoms with van der Waals surface area (Å²) in [5.41, 5.74) is 1.34. The summed E-state index contributed by atoms with van der Waals surface area (Å²) in [6.45, 7) is 12.3. The van der Waals surface area contributed by atoms with Crippen LogP contribution in [0.1, 0.15) is 52.1 Å². The van der Waals surface area contributed by atoms with Gasteiger partial charge in [0.15, 0.2) is 0 Å². The third kappa shape index (κ3) is 5.33. The fourth-order valence-corrected chi connectivity index (χ4v) is 2.83. The molecule has 0 amide bonds. The number of ether oxygens (including phenoxy) is 1. The molecule has 0 fully saturated rings. The smallest absolute Gasteiger partial charge is 0.118 e. The summed E-state index contributed by atoms with van der Waals surface area (Å²) < 4.78 is 5.27. The standard InChI is InChI=1S/C18H32N2O/c1-6-13-19-18(15(4)20(8-3)14-7-2)16-9-11-17(21-5)12-10-16/h9-12,15,18-19H,6-8,13-14H2,1-5H3. The van der Waals surface area contributed by atoms with Crippen molar-refractivity contribution in [3.8, 4) is 5.75 Å². The fraction of sp³-hybridized carbons (Fsp3) is 0.667. The quantitative estimate of drug-likeness (QED) is 0.709. The summed E-state index contributed by atoms with van der Waals surface area (Å²) in [6.07, 6.45) is 2.35. The molecule has 0 aliphatic carbocycles. The van der Waals surface area contributed by atoms with Crippen LogP contribution >= 0.6 is 0 Å². The van der Waals surface area contributed by atoms with E-state index in [9.17, 15) is 0 Å². The lowest BCUT2D eigenvalue weighted by molar-refractivity contribution is 0.177. The summed E-state index contributed by atoms with van der Waals surface area (Å²) in [5, 5.41) is 3.71. The van der Waals surface area contributed by atoms with Gasteiger partial charge in [0.1, 0.15) is 5.75 Å². The fourth-order valence-electron chi connectivity index (χ4n) is 2.83. The second-order valence-corrected chi connectivity index (χ2v) is 5.57. The van der Waals surface area contributed by atoms with Gasteiger partial charge in [-0.2, -0.15) is 0 Å². The van der Waals surface area contributed by atoms with Gasteiger partial charge < -0.3 is 10.1 Å². The van der Waals surface area contributed by atoms with Gasteiger partial charge in [0.25, 0.3) is 0 Å². The van der Waals surface area contributed by atoms with E-state index in [1.807, 2.05) is 0 Å². The topological polar surface area (TPSA) is 24.5 Å². The van der Waals surface area contributed by atoms with Gasteiger partial charge in [0, 0.05) is 12.1 Å². The molecule has 21 heavy (non-hydrogen) atoms. The molecule has 1 rings (SSSR count). The molecule has 1 N–H and O–H groups in total. The molecule has 0 spiro atoms. The molecular weight excluding hydrogens is 260 g/mol. The van der Waals surface area contributed by atoms with Crippen LogP contribution < -0.4 is 10.1 Å². The minimum Gasteiger partial charge on any atom is -0.497 e. The van der Waals surface area contributed by atoms with Crippen molar-refractivity contribution >= 4 is 0 Å². The van der Waals surface area contributed by atoms with E-state index in [2.05, 4.69) is 62.2 Å². The van der Waals surface area contributed by atoms with Crippen molar-refractivity contribution in [1.29, 1.82) is 0 Å². The number of hydrogen-bond donors (Lipinski definition) is 1. The molecule has 1 aromatic rings. The van der Waals surface area contributed by atoms with Crippen molar-refractivity contribution < 1.29 is 4.74 Å². The van der Waals surface area contributed by atoms with Gasteiger partial charge in [-0.15, -0.1) is 0 Å². The Balaban J connectivity index is 2.91. The van der Waals surface area contributed by atoms with Gasteiger partial charge in [-0.1, -0.05) is 32.9 Å². The molecule has 0 aromatic heterocycles. The molecule has 0 saturated heterocycles. The lowest BCUT2D eigenvalue weighted by Crippen LogP contribution is -2.43. The molecule has 0 bridgehead atoms. The number of rotatable bonds is 10. The largest absolute Gasteiger partial charge is 0.497 e. The Morgan fingerprint density at radius 1 is 1.10 bits per heavy atom. The Kier molecular flexibility index (Phi) is 8.40. The highest BCUT2D eigenvalue weighted by atomic mass is 16.5. The number of nitrogens with zero attached hydrogens (tertiary/aromatic N) is 1. The third-order valence-corrected chi connectivity index (χ3v) is 4.06. The molecule has 0 aliphatic heterocycles. The second-order valence-electron chi connectivity index (χ2n) is 5.57. The first-order valence-electron chi connectivity index (χ1n) is 8.29. The van der Waals surface area contributed by atoms with Crippen LogP contribution in [0.25, 0.3) is 0 Å². The van der Waals surface area contributed by atoms with Crippen LogP contribution in [-0.2, 0) is 0 Å². The van der Waals surface area contributed by atoms with Crippen LogP contribution in [0, 0.1) is 0 Å². The van der Waals surface area contributed by atoms with Gasteiger partial charge in [-0.05, 0) is 57.1 Å². The highest BCUT2D eigenvalue weighted by molar-refractivity contribution is 5.29. The zero-order valence-electron chi connectivity index (χ0n) is 14.4. The minimum atomic E-state index is 0.363. The SMILES string of the molecule is CCCNC(c1ccc(OC)cc1)C(C)N(CC)CCC. The Morgan fingerprint density at radius 3 is 2.24 bits per heavy atom. The average molecular weight is 292 g/mol. The van der Waals surface area contributed by atoms with E-state index in [-0.39, 0.29) is 0 Å². The van der Waals surface area contributed by atoms with Crippen LogP contribution in [0.3, 0.4) is 0 Å². The maximum atomic E-state index is 5.27. The van der Waals surface area contributed by atoms with Gasteiger partial charge in [0.2, 0.25) is 0 Å². The summed E-state index contributed by atoms with van der Waals surface area (Å²) in [5.74, 6) is 0.918. The number of methoxy groups -OCH3 is 1. The number of likely N-dealkylation sites (N-methyl/N-ethyl adjacent to an activating group) is 1. The Hall–Kier alpha value is -1.06. The first-order valence-corrected chi connectivity index (χ1v) is 8.29. The van der Waals surface area contributed by atoms with E-state index in [1.165, 1.54) is 12.0 Å². The highest BCUT2D eigenvalue weighted by Gasteiger charge is 2.23. The normalized spacial score (nSPS) is 14.2. The van der Waals surface area contributed by atoms with Crippen LogP contribution in [0.2, 0.25) is 0 Å². The minimum absolute atomic E-state index is 0.363. The molecular formula is C18H32N2O. The number of nitrogens with one attached hydrogen (secondary N) is 1. The van der Waals surface area contributed by atoms with Crippen LogP contribution in [-0.4, -0.2) is 37.7 Å². The monoisotopic (exact) mass is 292 g/mol. The van der Waals surface area contributed by atoms with Crippen molar-refractivity contribution in [3.05, 3.63) is 29.8 Å². The third-order valence-electron chi connectivity index (χ3n) is 4.06. The van der Waals surface area contributed by atoms with Crippen molar-refractivity contribution in [2.75, 3.05) is 26.7 Å². The lowest BCUT2D eigenvalue weighted by atomic mass is 9.98. The Morgan fingerprint density at radius 2 is 1.76 bits per heavy atom. The van der Waals surface area contributed by atoms with Gasteiger partial charge >= 0.3 is 0 Å². The van der Waals surface area contributed by atoms with Gasteiger partial charge in [-0.25, -0.2) is 0 Å². The lowest BCUT2D eigenvalue weighted by Gasteiger charge is -2.35. The van der Waals surface area contributed by atoms with E-state index in [4.69, 9.17) is 4.74 Å². The molecule has 0 heterocycles. The molecule has 120 valence electrons. The summed E-state index contributed by atoms with van der Waals surface area (Å²) in [7, 11) is 1.71. The average Bonchev–Trinajstić information content (AvgIpc) is 2.53. The molecule has 0 saturated carbocycles. The summed E-state index contributed by atoms with van der Waals surface area (Å²) >= 11 is 0. The van der Waals surface area contributed by atoms with Crippen molar-refractivity contribution in [2.45, 2.75) is 52.6 Å². The molecule has 0 aliphatic rings. The van der Waals surface area contributed by atoms with E-state index < -0.39 is 0 Å². The van der Waals surface area contributed by atoms with E-state index in [0.29, 0.717) is 12.1 Å². The zero-order chi connectivity index (χ0) is 15.7. The second kappa shape index (κ2) is 9.80. The van der Waals surface area contributed by atoms with Crippen LogP contribution in [0.15, 0.2) is 24.3 Å². The Bertz CT molecular complexity index is 377. The maximum absolute atomic E-state index is 5.27. The highest BCUT2D eigenvalue weighted by Crippen LogP contribution is 2.23. The summed E-state index contributed by atoms with van der Waals surface area (Å²) in [6, 6.07) is 9.32. The van der Waals surface area contributed by atoms with Crippen LogP contribution in [0.4, 0.5) is 0 Å². The molecule has 2 unspecified atom stereocenters. The van der Waals surface area contributed by atoms with Crippen molar-refractivity contribution in [2.24, 2.45) is 0 Å². The Labute approximate surface area is 130 Å². The van der Waals surface area contributed by atoms with Crippen molar-refractivity contribution in [3.63, 3.8) is 0 Å². The van der Waals surface area contributed by atoms with E-state index >= 15 is 0 Å². The predicted molar refractivity (Wildman–Crippen MR) is 91.0 cm³/mol. The predicted octanol–water partition coefficient (Wildman–Crippen LogP) is 3.86. The first-order chi connectivity index (χ1) is 10.2.